The van der Waals surface area contributed by atoms with Crippen LogP contribution in [-0.4, -0.2) is 20.4 Å². The first-order chi connectivity index (χ1) is 13.3. The molecule has 0 spiro atoms. The number of rotatable bonds is 6. The van der Waals surface area contributed by atoms with Gasteiger partial charge in [-0.15, -0.1) is 0 Å². The van der Waals surface area contributed by atoms with Crippen LogP contribution in [0.25, 0.3) is 0 Å². The van der Waals surface area contributed by atoms with Crippen LogP contribution in [-0.2, 0) is 21.2 Å². The van der Waals surface area contributed by atoms with E-state index in [0.29, 0.717) is 5.69 Å². The van der Waals surface area contributed by atoms with Crippen LogP contribution in [0, 0.1) is 11.7 Å². The second-order valence-corrected chi connectivity index (χ2v) is 9.14. The summed E-state index contributed by atoms with van der Waals surface area (Å²) in [5, 5.41) is 3.09. The second kappa shape index (κ2) is 8.73. The molecule has 150 valence electrons. The summed E-state index contributed by atoms with van der Waals surface area (Å²) < 4.78 is 40.1. The van der Waals surface area contributed by atoms with Gasteiger partial charge >= 0.3 is 0 Å². The Kier molecular flexibility index (Phi) is 6.34. The molecule has 0 bridgehead atoms. The summed E-state index contributed by atoms with van der Waals surface area (Å²) in [6.45, 7) is 2.24. The van der Waals surface area contributed by atoms with Gasteiger partial charge in [0.2, 0.25) is 5.91 Å². The molecule has 0 saturated heterocycles. The number of anilines is 1. The van der Waals surface area contributed by atoms with Crippen molar-refractivity contribution in [2.45, 2.75) is 50.0 Å². The van der Waals surface area contributed by atoms with Crippen molar-refractivity contribution in [3.8, 4) is 0 Å². The molecule has 7 heteroatoms. The number of amides is 1. The molecule has 2 aromatic rings. The molecule has 0 radical (unpaired) electrons. The molecule has 5 nitrogen and oxygen atoms in total. The Balaban J connectivity index is 1.56. The fourth-order valence-electron chi connectivity index (χ4n) is 3.39. The van der Waals surface area contributed by atoms with Crippen LogP contribution < -0.4 is 10.0 Å². The van der Waals surface area contributed by atoms with Gasteiger partial charge in [0.25, 0.3) is 10.0 Å². The van der Waals surface area contributed by atoms with E-state index in [2.05, 4.69) is 17.0 Å². The van der Waals surface area contributed by atoms with E-state index in [4.69, 9.17) is 0 Å². The molecule has 0 heterocycles. The van der Waals surface area contributed by atoms with Crippen molar-refractivity contribution in [1.29, 1.82) is 0 Å². The van der Waals surface area contributed by atoms with Gasteiger partial charge in [-0.2, -0.15) is 0 Å². The zero-order chi connectivity index (χ0) is 20.1. The van der Waals surface area contributed by atoms with E-state index in [9.17, 15) is 17.6 Å². The summed E-state index contributed by atoms with van der Waals surface area (Å²) in [6.07, 6.45) is 4.60. The van der Waals surface area contributed by atoms with Gasteiger partial charge in [0.1, 0.15) is 5.82 Å². The number of carbonyl (C=O) groups is 1. The molecule has 28 heavy (non-hydrogen) atoms. The highest BCUT2D eigenvalue weighted by molar-refractivity contribution is 7.92. The zero-order valence-electron chi connectivity index (χ0n) is 15.8. The monoisotopic (exact) mass is 404 g/mol. The summed E-state index contributed by atoms with van der Waals surface area (Å²) >= 11 is 0. The number of sulfonamides is 1. The average molecular weight is 405 g/mol. The topological polar surface area (TPSA) is 75.3 Å². The minimum atomic E-state index is -3.79. The van der Waals surface area contributed by atoms with Crippen LogP contribution in [0.15, 0.2) is 53.4 Å². The van der Waals surface area contributed by atoms with E-state index in [1.807, 2.05) is 0 Å². The van der Waals surface area contributed by atoms with Gasteiger partial charge in [-0.05, 0) is 73.6 Å². The normalized spacial score (nSPS) is 19.8. The Morgan fingerprint density at radius 3 is 2.21 bits per heavy atom. The van der Waals surface area contributed by atoms with Crippen LogP contribution >= 0.6 is 0 Å². The van der Waals surface area contributed by atoms with Crippen LogP contribution in [0.1, 0.15) is 38.2 Å². The van der Waals surface area contributed by atoms with Crippen molar-refractivity contribution in [3.63, 3.8) is 0 Å². The highest BCUT2D eigenvalue weighted by Gasteiger charge is 2.20. The molecular weight excluding hydrogens is 379 g/mol. The van der Waals surface area contributed by atoms with Crippen LogP contribution in [0.2, 0.25) is 0 Å². The van der Waals surface area contributed by atoms with Crippen molar-refractivity contribution in [2.24, 2.45) is 5.92 Å². The first kappa shape index (κ1) is 20.3. The molecule has 0 unspecified atom stereocenters. The lowest BCUT2D eigenvalue weighted by atomic mass is 9.87. The molecule has 3 rings (SSSR count). The third kappa shape index (κ3) is 5.55. The highest BCUT2D eigenvalue weighted by atomic mass is 32.2. The Morgan fingerprint density at radius 1 is 1.00 bits per heavy atom. The van der Waals surface area contributed by atoms with Crippen molar-refractivity contribution < 1.29 is 17.6 Å². The predicted molar refractivity (Wildman–Crippen MR) is 107 cm³/mol. The second-order valence-electron chi connectivity index (χ2n) is 7.46. The van der Waals surface area contributed by atoms with E-state index in [1.54, 1.807) is 24.3 Å². The van der Waals surface area contributed by atoms with Gasteiger partial charge in [-0.1, -0.05) is 19.1 Å². The van der Waals surface area contributed by atoms with E-state index < -0.39 is 15.8 Å². The van der Waals surface area contributed by atoms with Gasteiger partial charge in [-0.3, -0.25) is 9.52 Å². The molecule has 1 fully saturated rings. The summed E-state index contributed by atoms with van der Waals surface area (Å²) in [5.74, 6) is 0.225. The van der Waals surface area contributed by atoms with E-state index in [0.717, 1.165) is 49.3 Å². The minimum Gasteiger partial charge on any atom is -0.353 e. The molecular formula is C21H25FN2O3S. The summed E-state index contributed by atoms with van der Waals surface area (Å²) in [7, 11) is -3.79. The maximum absolute atomic E-state index is 13.0. The Hall–Kier alpha value is -2.41. The largest absolute Gasteiger partial charge is 0.353 e. The quantitative estimate of drug-likeness (QED) is 0.768. The average Bonchev–Trinajstić information content (AvgIpc) is 2.65. The number of halogens is 1. The van der Waals surface area contributed by atoms with E-state index >= 15 is 0 Å². The Bertz CT molecular complexity index is 904. The first-order valence-electron chi connectivity index (χ1n) is 9.48. The van der Waals surface area contributed by atoms with Gasteiger partial charge in [0.05, 0.1) is 11.3 Å². The van der Waals surface area contributed by atoms with Crippen molar-refractivity contribution in [2.75, 3.05) is 4.72 Å². The molecule has 2 aromatic carbocycles. The fourth-order valence-corrected chi connectivity index (χ4v) is 4.45. The molecule has 1 amide bonds. The standard InChI is InChI=1S/C21H25FN2O3S/c1-15-2-8-18(9-3-15)23-21(25)14-16-4-10-19(11-5-16)24-28(26,27)20-12-6-17(22)7-13-20/h4-7,10-13,15,18,24H,2-3,8-9,14H2,1H3,(H,23,25). The minimum absolute atomic E-state index is 0.0146. The van der Waals surface area contributed by atoms with Crippen molar-refractivity contribution >= 4 is 21.6 Å². The molecule has 1 aliphatic rings. The maximum Gasteiger partial charge on any atom is 0.261 e. The lowest BCUT2D eigenvalue weighted by Crippen LogP contribution is -2.38. The fraction of sp³-hybridized carbons (Fsp3) is 0.381. The van der Waals surface area contributed by atoms with Crippen molar-refractivity contribution in [1.82, 2.24) is 5.32 Å². The molecule has 0 aromatic heterocycles. The third-order valence-electron chi connectivity index (χ3n) is 5.08. The zero-order valence-corrected chi connectivity index (χ0v) is 16.6. The Morgan fingerprint density at radius 2 is 1.61 bits per heavy atom. The SMILES string of the molecule is CC1CCC(NC(=O)Cc2ccc(NS(=O)(=O)c3ccc(F)cc3)cc2)CC1. The van der Waals surface area contributed by atoms with Crippen LogP contribution in [0.4, 0.5) is 10.1 Å². The van der Waals surface area contributed by atoms with Crippen molar-refractivity contribution in [3.05, 3.63) is 59.9 Å². The third-order valence-corrected chi connectivity index (χ3v) is 6.47. The maximum atomic E-state index is 13.0. The molecule has 0 atom stereocenters. The molecule has 1 saturated carbocycles. The lowest BCUT2D eigenvalue weighted by Gasteiger charge is -2.26. The van der Waals surface area contributed by atoms with Gasteiger partial charge in [0, 0.05) is 11.7 Å². The van der Waals surface area contributed by atoms with Gasteiger partial charge < -0.3 is 5.32 Å². The summed E-state index contributed by atoms with van der Waals surface area (Å²) in [6, 6.07) is 11.6. The number of hydrogen-bond donors (Lipinski definition) is 2. The number of hydrogen-bond acceptors (Lipinski definition) is 3. The predicted octanol–water partition coefficient (Wildman–Crippen LogP) is 3.86. The van der Waals surface area contributed by atoms with Gasteiger partial charge in [-0.25, -0.2) is 12.8 Å². The Labute approximate surface area is 165 Å². The summed E-state index contributed by atoms with van der Waals surface area (Å²) in [5.41, 5.74) is 1.20. The number of nitrogens with one attached hydrogen (secondary N) is 2. The van der Waals surface area contributed by atoms with E-state index in [-0.39, 0.29) is 23.3 Å². The molecule has 0 aliphatic heterocycles. The van der Waals surface area contributed by atoms with Gasteiger partial charge in [0.15, 0.2) is 0 Å². The lowest BCUT2D eigenvalue weighted by molar-refractivity contribution is -0.121. The molecule has 2 N–H and O–H groups in total. The van der Waals surface area contributed by atoms with Crippen LogP contribution in [0.3, 0.4) is 0 Å². The van der Waals surface area contributed by atoms with E-state index in [1.165, 1.54) is 12.1 Å². The van der Waals surface area contributed by atoms with Crippen LogP contribution in [0.5, 0.6) is 0 Å². The first-order valence-corrected chi connectivity index (χ1v) is 11.0. The molecule has 1 aliphatic carbocycles. The summed E-state index contributed by atoms with van der Waals surface area (Å²) in [4.78, 5) is 12.2. The number of benzene rings is 2. The highest BCUT2D eigenvalue weighted by Crippen LogP contribution is 2.23. The number of carbonyl (C=O) groups excluding carboxylic acids is 1. The smallest absolute Gasteiger partial charge is 0.261 e.